The zero-order chi connectivity index (χ0) is 16.3. The number of rotatable bonds is 5. The van der Waals surface area contributed by atoms with E-state index in [0.717, 1.165) is 12.1 Å². The highest BCUT2D eigenvalue weighted by molar-refractivity contribution is 7.89. The minimum Gasteiger partial charge on any atom is -0.355 e. The Morgan fingerprint density at radius 2 is 1.95 bits per heavy atom. The van der Waals surface area contributed by atoms with E-state index in [1.165, 1.54) is 0 Å². The lowest BCUT2D eigenvalue weighted by molar-refractivity contribution is -0.137. The number of nitrogens with one attached hydrogen (secondary N) is 2. The van der Waals surface area contributed by atoms with Gasteiger partial charge < -0.3 is 5.32 Å². The number of hydrogen-bond donors (Lipinski definition) is 2. The summed E-state index contributed by atoms with van der Waals surface area (Å²) in [7, 11) is -4.24. The fraction of sp³-hybridized carbons (Fsp3) is 0.364. The second-order valence-corrected chi connectivity index (χ2v) is 6.09. The van der Waals surface area contributed by atoms with Gasteiger partial charge in [0.25, 0.3) is 0 Å². The minimum atomic E-state index is -4.78. The summed E-state index contributed by atoms with van der Waals surface area (Å²) in [6, 6.07) is 2.19. The van der Waals surface area contributed by atoms with Crippen molar-refractivity contribution in [1.29, 1.82) is 0 Å². The van der Waals surface area contributed by atoms with Gasteiger partial charge in [-0.25, -0.2) is 13.1 Å². The summed E-state index contributed by atoms with van der Waals surface area (Å²) in [5.74, 6) is -0.592. The number of carbonyl (C=O) groups is 1. The molecule has 0 saturated heterocycles. The topological polar surface area (TPSA) is 75.3 Å². The van der Waals surface area contributed by atoms with Crippen LogP contribution in [0.2, 0.25) is 5.02 Å². The van der Waals surface area contributed by atoms with E-state index in [9.17, 15) is 26.4 Å². The van der Waals surface area contributed by atoms with Crippen molar-refractivity contribution in [2.45, 2.75) is 18.0 Å². The monoisotopic (exact) mass is 344 g/mol. The van der Waals surface area contributed by atoms with E-state index in [0.29, 0.717) is 12.6 Å². The largest absolute Gasteiger partial charge is 0.417 e. The average Bonchev–Trinajstić information content (AvgIpc) is 2.36. The highest BCUT2D eigenvalue weighted by Crippen LogP contribution is 2.35. The van der Waals surface area contributed by atoms with E-state index in [-0.39, 0.29) is 0 Å². The van der Waals surface area contributed by atoms with Gasteiger partial charge in [-0.2, -0.15) is 13.2 Å². The number of alkyl halides is 3. The number of likely N-dealkylation sites (N-methyl/N-ethyl adjacent to an activating group) is 1. The molecule has 0 unspecified atom stereocenters. The first-order chi connectivity index (χ1) is 9.58. The fourth-order valence-corrected chi connectivity index (χ4v) is 2.63. The molecule has 0 atom stereocenters. The van der Waals surface area contributed by atoms with Crippen LogP contribution in [0.15, 0.2) is 23.1 Å². The van der Waals surface area contributed by atoms with Gasteiger partial charge in [0.05, 0.1) is 22.0 Å². The smallest absolute Gasteiger partial charge is 0.355 e. The van der Waals surface area contributed by atoms with Crippen molar-refractivity contribution in [3.63, 3.8) is 0 Å². The van der Waals surface area contributed by atoms with E-state index in [1.54, 1.807) is 6.92 Å². The Kier molecular flexibility index (Phi) is 5.60. The molecule has 0 aliphatic carbocycles. The zero-order valence-corrected chi connectivity index (χ0v) is 12.4. The number of carbonyl (C=O) groups excluding carboxylic acids is 1. The molecule has 0 spiro atoms. The number of benzene rings is 1. The van der Waals surface area contributed by atoms with Crippen LogP contribution in [0.25, 0.3) is 0 Å². The van der Waals surface area contributed by atoms with Crippen molar-refractivity contribution in [3.05, 3.63) is 28.8 Å². The van der Waals surface area contributed by atoms with E-state index >= 15 is 0 Å². The van der Waals surface area contributed by atoms with Gasteiger partial charge in [-0.05, 0) is 25.1 Å². The molecule has 1 amide bonds. The molecule has 0 aromatic heterocycles. The van der Waals surface area contributed by atoms with Crippen molar-refractivity contribution < 1.29 is 26.4 Å². The summed E-state index contributed by atoms with van der Waals surface area (Å²) in [6.07, 6.45) is -4.78. The molecule has 10 heteroatoms. The first-order valence-electron chi connectivity index (χ1n) is 5.71. The summed E-state index contributed by atoms with van der Waals surface area (Å²) >= 11 is 5.40. The van der Waals surface area contributed by atoms with Crippen molar-refractivity contribution >= 4 is 27.5 Å². The Bertz CT molecular complexity index is 632. The first-order valence-corrected chi connectivity index (χ1v) is 7.57. The number of sulfonamides is 1. The Hall–Kier alpha value is -1.32. The van der Waals surface area contributed by atoms with E-state index < -0.39 is 44.1 Å². The van der Waals surface area contributed by atoms with Crippen LogP contribution in [-0.4, -0.2) is 27.4 Å². The normalized spacial score (nSPS) is 12.2. The molecule has 1 rings (SSSR count). The summed E-state index contributed by atoms with van der Waals surface area (Å²) < 4.78 is 63.6. The van der Waals surface area contributed by atoms with Crippen molar-refractivity contribution in [2.75, 3.05) is 13.1 Å². The Morgan fingerprint density at radius 3 is 2.48 bits per heavy atom. The van der Waals surface area contributed by atoms with Crippen LogP contribution in [0.3, 0.4) is 0 Å². The minimum absolute atomic E-state index is 0.305. The van der Waals surface area contributed by atoms with Gasteiger partial charge in [0, 0.05) is 6.54 Å². The molecule has 0 fully saturated rings. The Balaban J connectivity index is 3.02. The van der Waals surface area contributed by atoms with Crippen LogP contribution in [-0.2, 0) is 21.0 Å². The second kappa shape index (κ2) is 6.63. The summed E-state index contributed by atoms with van der Waals surface area (Å²) in [5.41, 5.74) is -1.26. The number of amides is 1. The molecule has 1 aromatic carbocycles. The average molecular weight is 345 g/mol. The van der Waals surface area contributed by atoms with E-state index in [2.05, 4.69) is 5.32 Å². The van der Waals surface area contributed by atoms with Gasteiger partial charge in [-0.1, -0.05) is 11.6 Å². The highest BCUT2D eigenvalue weighted by Gasteiger charge is 2.34. The SMILES string of the molecule is CCNC(=O)CNS(=O)(=O)c1ccc(Cl)c(C(F)(F)F)c1. The molecule has 1 aromatic rings. The molecule has 0 bridgehead atoms. The van der Waals surface area contributed by atoms with Gasteiger partial charge in [0.15, 0.2) is 0 Å². The van der Waals surface area contributed by atoms with Gasteiger partial charge >= 0.3 is 6.18 Å². The zero-order valence-electron chi connectivity index (χ0n) is 10.8. The molecule has 0 saturated carbocycles. The third-order valence-corrected chi connectivity index (χ3v) is 4.08. The molecule has 0 aliphatic heterocycles. The summed E-state index contributed by atoms with van der Waals surface area (Å²) in [5, 5.41) is 1.74. The van der Waals surface area contributed by atoms with E-state index in [4.69, 9.17) is 11.6 Å². The highest BCUT2D eigenvalue weighted by atomic mass is 35.5. The third-order valence-electron chi connectivity index (χ3n) is 2.35. The predicted molar refractivity (Wildman–Crippen MR) is 70.3 cm³/mol. The number of halogens is 4. The van der Waals surface area contributed by atoms with Crippen molar-refractivity contribution in [1.82, 2.24) is 10.0 Å². The third kappa shape index (κ3) is 4.87. The van der Waals surface area contributed by atoms with Gasteiger partial charge in [-0.3, -0.25) is 4.79 Å². The maximum absolute atomic E-state index is 12.7. The van der Waals surface area contributed by atoms with Crippen molar-refractivity contribution in [3.8, 4) is 0 Å². The molecule has 118 valence electrons. The van der Waals surface area contributed by atoms with Crippen LogP contribution in [0.5, 0.6) is 0 Å². The molecule has 2 N–H and O–H groups in total. The molecule has 0 heterocycles. The second-order valence-electron chi connectivity index (χ2n) is 3.92. The Labute approximate surface area is 124 Å². The molecule has 21 heavy (non-hydrogen) atoms. The predicted octanol–water partition coefficient (Wildman–Crippen LogP) is 1.77. The van der Waals surface area contributed by atoms with Gasteiger partial charge in [0.1, 0.15) is 0 Å². The lowest BCUT2D eigenvalue weighted by Crippen LogP contribution is -2.36. The fourth-order valence-electron chi connectivity index (χ4n) is 1.39. The van der Waals surface area contributed by atoms with Crippen LogP contribution < -0.4 is 10.0 Å². The summed E-state index contributed by atoms with van der Waals surface area (Å²) in [6.45, 7) is 1.38. The van der Waals surface area contributed by atoms with Crippen LogP contribution in [0.1, 0.15) is 12.5 Å². The maximum Gasteiger partial charge on any atom is 0.417 e. The van der Waals surface area contributed by atoms with Crippen LogP contribution in [0.4, 0.5) is 13.2 Å². The lowest BCUT2D eigenvalue weighted by Gasteiger charge is -2.12. The van der Waals surface area contributed by atoms with Crippen LogP contribution >= 0.6 is 11.6 Å². The number of hydrogen-bond acceptors (Lipinski definition) is 3. The molecule has 0 radical (unpaired) electrons. The van der Waals surface area contributed by atoms with E-state index in [1.807, 2.05) is 4.72 Å². The maximum atomic E-state index is 12.7. The molecule has 0 aliphatic rings. The molecule has 5 nitrogen and oxygen atoms in total. The Morgan fingerprint density at radius 1 is 1.33 bits per heavy atom. The standard InChI is InChI=1S/C11H12ClF3N2O3S/c1-2-16-10(18)6-17-21(19,20)7-3-4-9(12)8(5-7)11(13,14)15/h3-5,17H,2,6H2,1H3,(H,16,18). The first kappa shape index (κ1) is 17.7. The molecular formula is C11H12ClF3N2O3S. The van der Waals surface area contributed by atoms with Gasteiger partial charge in [0.2, 0.25) is 15.9 Å². The quantitative estimate of drug-likeness (QED) is 0.855. The summed E-state index contributed by atoms with van der Waals surface area (Å²) in [4.78, 5) is 10.5. The lowest BCUT2D eigenvalue weighted by atomic mass is 10.2. The molecular weight excluding hydrogens is 333 g/mol. The van der Waals surface area contributed by atoms with Crippen LogP contribution in [0, 0.1) is 0 Å². The van der Waals surface area contributed by atoms with Gasteiger partial charge in [-0.15, -0.1) is 0 Å². The van der Waals surface area contributed by atoms with Crippen molar-refractivity contribution in [2.24, 2.45) is 0 Å².